The Morgan fingerprint density at radius 1 is 1.35 bits per heavy atom. The third kappa shape index (κ3) is 3.26. The molecule has 130 valence electrons. The van der Waals surface area contributed by atoms with Crippen LogP contribution in [-0.4, -0.2) is 28.3 Å². The van der Waals surface area contributed by atoms with Crippen LogP contribution in [-0.2, 0) is 9.59 Å². The molecular weight excluding hydrogens is 332 g/mol. The van der Waals surface area contributed by atoms with E-state index >= 15 is 0 Å². The minimum atomic E-state index is -0.272. The molecule has 0 unspecified atom stereocenters. The van der Waals surface area contributed by atoms with E-state index in [-0.39, 0.29) is 41.5 Å². The summed E-state index contributed by atoms with van der Waals surface area (Å²) in [5.74, 6) is -0.124. The quantitative estimate of drug-likeness (QED) is 0.874. The van der Waals surface area contributed by atoms with Crippen LogP contribution in [0.1, 0.15) is 42.6 Å². The average molecular weight is 348 g/mol. The lowest BCUT2D eigenvalue weighted by atomic mass is 9.96. The van der Waals surface area contributed by atoms with E-state index in [0.29, 0.717) is 13.0 Å². The number of aromatic amines is 1. The smallest absolute Gasteiger partial charge is 0.226 e. The molecule has 0 saturated heterocycles. The van der Waals surface area contributed by atoms with Gasteiger partial charge in [0.25, 0.3) is 0 Å². The number of nitrogens with zero attached hydrogens (tertiary/aromatic N) is 4. The number of carbonyl (C=O) groups is 2. The number of anilines is 2. The molecule has 0 bridgehead atoms. The SMILES string of the molecule is CC(=O)N1C[C@@H](CCC(=O)Nc2nc(C#N)c(C#N)[nH]2)c2ccccc21. The van der Waals surface area contributed by atoms with Gasteiger partial charge in [-0.15, -0.1) is 0 Å². The zero-order valence-electron chi connectivity index (χ0n) is 14.1. The number of rotatable bonds is 4. The lowest BCUT2D eigenvalue weighted by Gasteiger charge is -2.15. The van der Waals surface area contributed by atoms with Crippen molar-refractivity contribution in [3.8, 4) is 12.1 Å². The van der Waals surface area contributed by atoms with Crippen LogP contribution >= 0.6 is 0 Å². The molecule has 1 aromatic heterocycles. The maximum absolute atomic E-state index is 12.2. The van der Waals surface area contributed by atoms with Gasteiger partial charge in [-0.1, -0.05) is 18.2 Å². The lowest BCUT2D eigenvalue weighted by Crippen LogP contribution is -2.27. The summed E-state index contributed by atoms with van der Waals surface area (Å²) in [6.45, 7) is 2.09. The third-order valence-corrected chi connectivity index (χ3v) is 4.35. The molecule has 1 atom stereocenters. The van der Waals surface area contributed by atoms with Crippen molar-refractivity contribution in [2.24, 2.45) is 0 Å². The van der Waals surface area contributed by atoms with E-state index in [1.807, 2.05) is 30.3 Å². The first kappa shape index (κ1) is 17.2. The van der Waals surface area contributed by atoms with Crippen molar-refractivity contribution >= 4 is 23.5 Å². The Labute approximate surface area is 150 Å². The molecule has 2 N–H and O–H groups in total. The first-order valence-corrected chi connectivity index (χ1v) is 8.10. The normalized spacial score (nSPS) is 15.0. The second kappa shape index (κ2) is 7.08. The van der Waals surface area contributed by atoms with Crippen LogP contribution in [0.5, 0.6) is 0 Å². The standard InChI is InChI=1S/C18H16N6O2/c1-11(25)24-10-12(13-4-2-3-5-16(13)24)6-7-17(26)23-18-21-14(8-19)15(9-20)22-18/h2-5,12H,6-7,10H2,1H3,(H2,21,22,23,26)/t12-/m1/s1. The van der Waals surface area contributed by atoms with Gasteiger partial charge in [0.1, 0.15) is 12.1 Å². The van der Waals surface area contributed by atoms with Crippen LogP contribution in [0.15, 0.2) is 24.3 Å². The van der Waals surface area contributed by atoms with Crippen LogP contribution in [0, 0.1) is 22.7 Å². The summed E-state index contributed by atoms with van der Waals surface area (Å²) in [5.41, 5.74) is 1.93. The van der Waals surface area contributed by atoms with Crippen molar-refractivity contribution in [2.45, 2.75) is 25.7 Å². The van der Waals surface area contributed by atoms with Crippen LogP contribution in [0.2, 0.25) is 0 Å². The molecule has 1 aliphatic heterocycles. The number of carbonyl (C=O) groups excluding carboxylic acids is 2. The lowest BCUT2D eigenvalue weighted by molar-refractivity contribution is -0.116. The van der Waals surface area contributed by atoms with E-state index in [9.17, 15) is 9.59 Å². The van der Waals surface area contributed by atoms with Gasteiger partial charge in [0.05, 0.1) is 0 Å². The minimum absolute atomic E-state index is 0.0182. The molecule has 2 amide bonds. The van der Waals surface area contributed by atoms with Gasteiger partial charge in [-0.05, 0) is 18.1 Å². The molecule has 0 aliphatic carbocycles. The number of hydrogen-bond acceptors (Lipinski definition) is 5. The molecular formula is C18H16N6O2. The van der Waals surface area contributed by atoms with Crippen molar-refractivity contribution in [3.05, 3.63) is 41.2 Å². The van der Waals surface area contributed by atoms with Crippen molar-refractivity contribution in [2.75, 3.05) is 16.8 Å². The summed E-state index contributed by atoms with van der Waals surface area (Å²) in [4.78, 5) is 32.2. The average Bonchev–Trinajstić information content (AvgIpc) is 3.20. The Bertz CT molecular complexity index is 918. The maximum Gasteiger partial charge on any atom is 0.226 e. The Morgan fingerprint density at radius 3 is 2.77 bits per heavy atom. The molecule has 2 aromatic rings. The highest BCUT2D eigenvalue weighted by molar-refractivity contribution is 5.94. The highest BCUT2D eigenvalue weighted by atomic mass is 16.2. The molecule has 1 aromatic carbocycles. The zero-order chi connectivity index (χ0) is 18.7. The summed E-state index contributed by atoms with van der Waals surface area (Å²) in [6, 6.07) is 11.3. The minimum Gasteiger partial charge on any atom is -0.314 e. The summed E-state index contributed by atoms with van der Waals surface area (Å²) < 4.78 is 0. The topological polar surface area (TPSA) is 126 Å². The number of imidazole rings is 1. The van der Waals surface area contributed by atoms with Crippen molar-refractivity contribution in [1.29, 1.82) is 10.5 Å². The van der Waals surface area contributed by atoms with Crippen LogP contribution in [0.25, 0.3) is 0 Å². The molecule has 1 aliphatic rings. The number of hydrogen-bond donors (Lipinski definition) is 2. The monoisotopic (exact) mass is 348 g/mol. The number of amides is 2. The number of aromatic nitrogens is 2. The number of fused-ring (bicyclic) bond motifs is 1. The third-order valence-electron chi connectivity index (χ3n) is 4.35. The number of nitrogens with one attached hydrogen (secondary N) is 2. The van der Waals surface area contributed by atoms with Crippen LogP contribution in [0.3, 0.4) is 0 Å². The van der Waals surface area contributed by atoms with Crippen LogP contribution < -0.4 is 10.2 Å². The summed E-state index contributed by atoms with van der Waals surface area (Å²) in [6.07, 6.45) is 0.804. The van der Waals surface area contributed by atoms with Crippen molar-refractivity contribution in [1.82, 2.24) is 9.97 Å². The van der Waals surface area contributed by atoms with Gasteiger partial charge in [0.15, 0.2) is 11.4 Å². The van der Waals surface area contributed by atoms with Gasteiger partial charge in [-0.25, -0.2) is 4.98 Å². The second-order valence-corrected chi connectivity index (χ2v) is 6.00. The number of H-pyrrole nitrogens is 1. The van der Waals surface area contributed by atoms with E-state index in [0.717, 1.165) is 11.3 Å². The highest BCUT2D eigenvalue weighted by Gasteiger charge is 2.30. The zero-order valence-corrected chi connectivity index (χ0v) is 14.1. The van der Waals surface area contributed by atoms with Gasteiger partial charge >= 0.3 is 0 Å². The predicted molar refractivity (Wildman–Crippen MR) is 93.1 cm³/mol. The Balaban J connectivity index is 1.64. The molecule has 2 heterocycles. The Hall–Kier alpha value is -3.65. The first-order valence-electron chi connectivity index (χ1n) is 8.10. The molecule has 3 rings (SSSR count). The van der Waals surface area contributed by atoms with E-state index in [1.165, 1.54) is 6.92 Å². The largest absolute Gasteiger partial charge is 0.314 e. The molecule has 8 nitrogen and oxygen atoms in total. The number of benzene rings is 1. The first-order chi connectivity index (χ1) is 12.5. The predicted octanol–water partition coefficient (Wildman–Crippen LogP) is 2.02. The fraction of sp³-hybridized carbons (Fsp3) is 0.278. The van der Waals surface area contributed by atoms with Crippen LogP contribution in [0.4, 0.5) is 11.6 Å². The molecule has 0 radical (unpaired) electrons. The summed E-state index contributed by atoms with van der Waals surface area (Å²) in [5, 5.41) is 20.3. The van der Waals surface area contributed by atoms with Crippen molar-refractivity contribution < 1.29 is 9.59 Å². The van der Waals surface area contributed by atoms with Gasteiger partial charge < -0.3 is 9.88 Å². The fourth-order valence-electron chi connectivity index (χ4n) is 3.13. The van der Waals surface area contributed by atoms with Crippen molar-refractivity contribution in [3.63, 3.8) is 0 Å². The van der Waals surface area contributed by atoms with E-state index in [2.05, 4.69) is 15.3 Å². The van der Waals surface area contributed by atoms with E-state index < -0.39 is 0 Å². The maximum atomic E-state index is 12.2. The second-order valence-electron chi connectivity index (χ2n) is 6.00. The van der Waals surface area contributed by atoms with Gasteiger partial charge in [-0.2, -0.15) is 10.5 Å². The summed E-state index contributed by atoms with van der Waals surface area (Å²) in [7, 11) is 0. The van der Waals surface area contributed by atoms with Gasteiger partial charge in [-0.3, -0.25) is 14.9 Å². The fourth-order valence-corrected chi connectivity index (χ4v) is 3.13. The van der Waals surface area contributed by atoms with E-state index in [1.54, 1.807) is 11.0 Å². The molecule has 8 heteroatoms. The number of nitriles is 2. The molecule has 0 saturated carbocycles. The van der Waals surface area contributed by atoms with Gasteiger partial charge in [0, 0.05) is 31.5 Å². The molecule has 26 heavy (non-hydrogen) atoms. The van der Waals surface area contributed by atoms with E-state index in [4.69, 9.17) is 10.5 Å². The summed E-state index contributed by atoms with van der Waals surface area (Å²) >= 11 is 0. The Morgan fingerprint density at radius 2 is 2.12 bits per heavy atom. The molecule has 0 fully saturated rings. The van der Waals surface area contributed by atoms with Gasteiger partial charge in [0.2, 0.25) is 17.8 Å². The molecule has 0 spiro atoms. The Kier molecular flexibility index (Phi) is 4.68. The number of para-hydroxylation sites is 1. The highest BCUT2D eigenvalue weighted by Crippen LogP contribution is 2.38.